The van der Waals surface area contributed by atoms with Crippen molar-refractivity contribution in [3.63, 3.8) is 0 Å². The summed E-state index contributed by atoms with van der Waals surface area (Å²) in [4.78, 5) is 0. The lowest BCUT2D eigenvalue weighted by molar-refractivity contribution is -0.276. The van der Waals surface area contributed by atoms with Crippen molar-refractivity contribution in [2.24, 2.45) is 0 Å². The van der Waals surface area contributed by atoms with E-state index in [9.17, 15) is 0 Å². The predicted octanol–water partition coefficient (Wildman–Crippen LogP) is 3.04. The number of hydrogen-bond acceptors (Lipinski definition) is 5. The number of rotatable bonds is 6. The summed E-state index contributed by atoms with van der Waals surface area (Å²) >= 11 is 0. The van der Waals surface area contributed by atoms with Crippen molar-refractivity contribution in [1.82, 2.24) is 0 Å². The SMILES string of the molecule is C=CCO[C@@H]1OC(C)[C@H](OCc2ccccc2)C2OC(C)(C)OC21. The summed E-state index contributed by atoms with van der Waals surface area (Å²) in [6, 6.07) is 10.1. The van der Waals surface area contributed by atoms with Crippen molar-refractivity contribution in [1.29, 1.82) is 0 Å². The molecule has 0 radical (unpaired) electrons. The van der Waals surface area contributed by atoms with Crippen LogP contribution in [0.2, 0.25) is 0 Å². The van der Waals surface area contributed by atoms with Crippen LogP contribution in [0.4, 0.5) is 0 Å². The van der Waals surface area contributed by atoms with Crippen LogP contribution < -0.4 is 0 Å². The average Bonchev–Trinajstić information content (AvgIpc) is 2.88. The third-order valence-electron chi connectivity index (χ3n) is 4.23. The molecule has 1 aromatic rings. The van der Waals surface area contributed by atoms with Crippen LogP contribution in [0.1, 0.15) is 26.3 Å². The van der Waals surface area contributed by atoms with E-state index in [4.69, 9.17) is 23.7 Å². The third kappa shape index (κ3) is 3.87. The summed E-state index contributed by atoms with van der Waals surface area (Å²) < 4.78 is 30.0. The molecule has 24 heavy (non-hydrogen) atoms. The Hall–Kier alpha value is -1.24. The fraction of sp³-hybridized carbons (Fsp3) is 0.579. The number of fused-ring (bicyclic) bond motifs is 1. The topological polar surface area (TPSA) is 46.2 Å². The van der Waals surface area contributed by atoms with Gasteiger partial charge in [-0.1, -0.05) is 36.4 Å². The average molecular weight is 334 g/mol. The van der Waals surface area contributed by atoms with E-state index in [1.807, 2.05) is 51.1 Å². The van der Waals surface area contributed by atoms with E-state index in [0.717, 1.165) is 5.56 Å². The van der Waals surface area contributed by atoms with Crippen LogP contribution in [0.15, 0.2) is 43.0 Å². The Labute approximate surface area is 143 Å². The van der Waals surface area contributed by atoms with Gasteiger partial charge in [0, 0.05) is 0 Å². The normalized spacial score (nSPS) is 34.7. The maximum absolute atomic E-state index is 6.14. The van der Waals surface area contributed by atoms with Crippen LogP contribution in [0.3, 0.4) is 0 Å². The van der Waals surface area contributed by atoms with Crippen molar-refractivity contribution < 1.29 is 23.7 Å². The molecule has 2 fully saturated rings. The molecular formula is C19H26O5. The summed E-state index contributed by atoms with van der Waals surface area (Å²) in [6.45, 7) is 10.4. The zero-order valence-corrected chi connectivity index (χ0v) is 14.5. The van der Waals surface area contributed by atoms with E-state index in [2.05, 4.69) is 6.58 Å². The van der Waals surface area contributed by atoms with E-state index in [1.54, 1.807) is 6.08 Å². The van der Waals surface area contributed by atoms with Crippen molar-refractivity contribution in [3.8, 4) is 0 Å². The zero-order valence-electron chi connectivity index (χ0n) is 14.5. The maximum atomic E-state index is 6.14. The molecule has 1 aromatic carbocycles. The first kappa shape index (κ1) is 17.6. The maximum Gasteiger partial charge on any atom is 0.187 e. The van der Waals surface area contributed by atoms with E-state index >= 15 is 0 Å². The van der Waals surface area contributed by atoms with Gasteiger partial charge in [-0.3, -0.25) is 0 Å². The Balaban J connectivity index is 1.71. The van der Waals surface area contributed by atoms with Gasteiger partial charge < -0.3 is 23.7 Å². The van der Waals surface area contributed by atoms with E-state index in [0.29, 0.717) is 13.2 Å². The van der Waals surface area contributed by atoms with Crippen LogP contribution in [0.25, 0.3) is 0 Å². The fourth-order valence-electron chi connectivity index (χ4n) is 3.21. The lowest BCUT2D eigenvalue weighted by atomic mass is 9.99. The molecule has 132 valence electrons. The largest absolute Gasteiger partial charge is 0.368 e. The second kappa shape index (κ2) is 7.33. The van der Waals surface area contributed by atoms with Crippen molar-refractivity contribution in [3.05, 3.63) is 48.6 Å². The standard InChI is InChI=1S/C19H26O5/c1-5-11-20-18-17-16(23-19(3,4)24-17)15(13(2)22-18)21-12-14-9-7-6-8-10-14/h5-10,13,15-18H,1,11-12H2,2-4H3/t13?,15-,16?,17?,18+/m0/s1. The summed E-state index contributed by atoms with van der Waals surface area (Å²) in [5.41, 5.74) is 1.12. The highest BCUT2D eigenvalue weighted by molar-refractivity contribution is 5.13. The predicted molar refractivity (Wildman–Crippen MR) is 89.3 cm³/mol. The first-order valence-electron chi connectivity index (χ1n) is 8.39. The second-order valence-electron chi connectivity index (χ2n) is 6.66. The first-order chi connectivity index (χ1) is 11.5. The van der Waals surface area contributed by atoms with Crippen LogP contribution in [-0.2, 0) is 30.3 Å². The highest BCUT2D eigenvalue weighted by Crippen LogP contribution is 2.39. The Morgan fingerprint density at radius 2 is 1.83 bits per heavy atom. The quantitative estimate of drug-likeness (QED) is 0.748. The summed E-state index contributed by atoms with van der Waals surface area (Å²) in [5, 5.41) is 0. The smallest absolute Gasteiger partial charge is 0.187 e. The highest BCUT2D eigenvalue weighted by atomic mass is 16.8. The summed E-state index contributed by atoms with van der Waals surface area (Å²) in [6.07, 6.45) is 0.269. The molecular weight excluding hydrogens is 308 g/mol. The van der Waals surface area contributed by atoms with E-state index in [1.165, 1.54) is 0 Å². The second-order valence-corrected chi connectivity index (χ2v) is 6.66. The molecule has 0 bridgehead atoms. The fourth-order valence-corrected chi connectivity index (χ4v) is 3.21. The van der Waals surface area contributed by atoms with Crippen molar-refractivity contribution in [2.75, 3.05) is 6.61 Å². The molecule has 0 N–H and O–H groups in total. The molecule has 2 aliphatic rings. The number of hydrogen-bond donors (Lipinski definition) is 0. The Morgan fingerprint density at radius 3 is 2.54 bits per heavy atom. The molecule has 0 amide bonds. The van der Waals surface area contributed by atoms with Crippen molar-refractivity contribution in [2.45, 2.75) is 63.9 Å². The lowest BCUT2D eigenvalue weighted by Gasteiger charge is -2.40. The lowest BCUT2D eigenvalue weighted by Crippen LogP contribution is -2.56. The molecule has 5 nitrogen and oxygen atoms in total. The van der Waals surface area contributed by atoms with Crippen molar-refractivity contribution >= 4 is 0 Å². The highest BCUT2D eigenvalue weighted by Gasteiger charge is 2.55. The van der Waals surface area contributed by atoms with Gasteiger partial charge in [0.15, 0.2) is 12.1 Å². The Bertz CT molecular complexity index is 544. The molecule has 3 unspecified atom stereocenters. The molecule has 0 saturated carbocycles. The molecule has 0 spiro atoms. The Morgan fingerprint density at radius 1 is 1.12 bits per heavy atom. The van der Waals surface area contributed by atoms with Gasteiger partial charge in [-0.25, -0.2) is 0 Å². The third-order valence-corrected chi connectivity index (χ3v) is 4.23. The van der Waals surface area contributed by atoms with Gasteiger partial charge in [0.1, 0.15) is 18.3 Å². The van der Waals surface area contributed by atoms with Gasteiger partial charge in [-0.05, 0) is 26.3 Å². The molecule has 2 saturated heterocycles. The van der Waals surface area contributed by atoms with Crippen LogP contribution in [0.5, 0.6) is 0 Å². The minimum absolute atomic E-state index is 0.165. The molecule has 2 heterocycles. The molecule has 0 aliphatic carbocycles. The van der Waals surface area contributed by atoms with Gasteiger partial charge in [0.2, 0.25) is 0 Å². The molecule has 0 aromatic heterocycles. The van der Waals surface area contributed by atoms with E-state index < -0.39 is 12.1 Å². The number of ether oxygens (including phenoxy) is 5. The van der Waals surface area contributed by atoms with Crippen LogP contribution in [-0.4, -0.2) is 43.1 Å². The van der Waals surface area contributed by atoms with Crippen LogP contribution in [0, 0.1) is 0 Å². The molecule has 5 atom stereocenters. The molecule has 2 aliphatic heterocycles. The molecule has 5 heteroatoms. The minimum Gasteiger partial charge on any atom is -0.368 e. The van der Waals surface area contributed by atoms with Gasteiger partial charge in [-0.15, -0.1) is 6.58 Å². The van der Waals surface area contributed by atoms with Gasteiger partial charge in [0.25, 0.3) is 0 Å². The first-order valence-corrected chi connectivity index (χ1v) is 8.39. The zero-order chi connectivity index (χ0) is 17.2. The summed E-state index contributed by atoms with van der Waals surface area (Å²) in [7, 11) is 0. The number of benzene rings is 1. The van der Waals surface area contributed by atoms with Gasteiger partial charge in [0.05, 0.1) is 19.3 Å². The monoisotopic (exact) mass is 334 g/mol. The van der Waals surface area contributed by atoms with Gasteiger partial charge in [-0.2, -0.15) is 0 Å². The van der Waals surface area contributed by atoms with Gasteiger partial charge >= 0.3 is 0 Å². The molecule has 3 rings (SSSR count). The van der Waals surface area contributed by atoms with E-state index in [-0.39, 0.29) is 24.4 Å². The summed E-state index contributed by atoms with van der Waals surface area (Å²) in [5.74, 6) is -0.688. The minimum atomic E-state index is -0.688. The Kier molecular flexibility index (Phi) is 5.37. The van der Waals surface area contributed by atoms with Crippen LogP contribution >= 0.6 is 0 Å².